The molecule has 2 N–H and O–H groups in total. The summed E-state index contributed by atoms with van der Waals surface area (Å²) in [6, 6.07) is 9.42. The Kier molecular flexibility index (Phi) is 5.09. The van der Waals surface area contributed by atoms with E-state index in [1.807, 2.05) is 18.2 Å². The lowest BCUT2D eigenvalue weighted by Gasteiger charge is -2.17. The number of rotatable bonds is 4. The van der Waals surface area contributed by atoms with Gasteiger partial charge in [-0.2, -0.15) is 0 Å². The van der Waals surface area contributed by atoms with Crippen LogP contribution < -0.4 is 10.5 Å². The van der Waals surface area contributed by atoms with E-state index in [-0.39, 0.29) is 6.10 Å². The molecule has 0 saturated heterocycles. The van der Waals surface area contributed by atoms with Gasteiger partial charge in [0.2, 0.25) is 0 Å². The van der Waals surface area contributed by atoms with E-state index in [4.69, 9.17) is 22.1 Å². The topological polar surface area (TPSA) is 35.2 Å². The monoisotopic (exact) mass is 409 g/mol. The van der Waals surface area contributed by atoms with Gasteiger partial charge in [-0.05, 0) is 62.2 Å². The van der Waals surface area contributed by atoms with E-state index in [2.05, 4.69) is 31.9 Å². The van der Waals surface area contributed by atoms with Crippen molar-refractivity contribution >= 4 is 54.8 Å². The first-order chi connectivity index (χ1) is 8.60. The molecule has 0 aliphatic rings. The van der Waals surface area contributed by atoms with Gasteiger partial charge in [-0.25, -0.2) is 0 Å². The van der Waals surface area contributed by atoms with Crippen LogP contribution in [0.15, 0.2) is 38.6 Å². The number of hydrogen-bond acceptors (Lipinski definition) is 3. The van der Waals surface area contributed by atoms with Crippen LogP contribution in [0.4, 0.5) is 0 Å². The molecule has 0 spiro atoms. The van der Waals surface area contributed by atoms with Crippen molar-refractivity contribution in [2.75, 3.05) is 6.54 Å². The van der Waals surface area contributed by atoms with E-state index >= 15 is 0 Å². The molecule has 6 heteroatoms. The van der Waals surface area contributed by atoms with Crippen LogP contribution in [0.25, 0.3) is 0 Å². The number of halogens is 3. The Labute approximate surface area is 131 Å². The minimum Gasteiger partial charge on any atom is -0.482 e. The maximum Gasteiger partial charge on any atom is 0.145 e. The summed E-state index contributed by atoms with van der Waals surface area (Å²) in [4.78, 5) is 1.09. The molecular formula is C12H10Br2ClNOS. The van der Waals surface area contributed by atoms with Gasteiger partial charge in [0.1, 0.15) is 11.9 Å². The lowest BCUT2D eigenvalue weighted by atomic mass is 10.3. The molecule has 0 aliphatic heterocycles. The second-order valence-electron chi connectivity index (χ2n) is 3.56. The van der Waals surface area contributed by atoms with Crippen molar-refractivity contribution < 1.29 is 4.74 Å². The molecule has 1 atom stereocenters. The number of benzene rings is 1. The van der Waals surface area contributed by atoms with Gasteiger partial charge in [-0.15, -0.1) is 11.3 Å². The zero-order valence-corrected chi connectivity index (χ0v) is 13.9. The van der Waals surface area contributed by atoms with Crippen LogP contribution >= 0.6 is 54.8 Å². The van der Waals surface area contributed by atoms with Crippen molar-refractivity contribution in [3.8, 4) is 5.75 Å². The summed E-state index contributed by atoms with van der Waals surface area (Å²) < 4.78 is 7.80. The van der Waals surface area contributed by atoms with Gasteiger partial charge >= 0.3 is 0 Å². The molecule has 2 aromatic rings. The summed E-state index contributed by atoms with van der Waals surface area (Å²) >= 11 is 14.4. The average molecular weight is 412 g/mol. The molecule has 1 heterocycles. The molecule has 18 heavy (non-hydrogen) atoms. The van der Waals surface area contributed by atoms with Crippen LogP contribution in [0.2, 0.25) is 5.02 Å². The normalized spacial score (nSPS) is 12.4. The summed E-state index contributed by atoms with van der Waals surface area (Å²) in [5.74, 6) is 0.736. The fourth-order valence-electron chi connectivity index (χ4n) is 1.45. The molecule has 0 saturated carbocycles. The molecule has 0 amide bonds. The van der Waals surface area contributed by atoms with Gasteiger partial charge in [0.25, 0.3) is 0 Å². The molecule has 1 aromatic carbocycles. The molecule has 1 unspecified atom stereocenters. The van der Waals surface area contributed by atoms with Gasteiger partial charge < -0.3 is 10.5 Å². The SMILES string of the molecule is NCC(Oc1ccc(Cl)cc1Br)c1ccc(Br)s1. The van der Waals surface area contributed by atoms with Crippen LogP contribution in [-0.4, -0.2) is 6.54 Å². The first kappa shape index (κ1) is 14.3. The van der Waals surface area contributed by atoms with Crippen LogP contribution in [0.1, 0.15) is 11.0 Å². The van der Waals surface area contributed by atoms with Crippen LogP contribution in [0.3, 0.4) is 0 Å². The Morgan fingerprint density at radius 1 is 1.28 bits per heavy atom. The largest absolute Gasteiger partial charge is 0.482 e. The smallest absolute Gasteiger partial charge is 0.145 e. The van der Waals surface area contributed by atoms with Crippen molar-refractivity contribution in [1.29, 1.82) is 0 Å². The van der Waals surface area contributed by atoms with Crippen molar-refractivity contribution in [3.05, 3.63) is 48.5 Å². The average Bonchev–Trinajstić information content (AvgIpc) is 2.75. The van der Waals surface area contributed by atoms with E-state index in [0.717, 1.165) is 18.9 Å². The Hall–Kier alpha value is -0.0700. The van der Waals surface area contributed by atoms with E-state index in [1.165, 1.54) is 0 Å². The van der Waals surface area contributed by atoms with Crippen molar-refractivity contribution in [2.45, 2.75) is 6.10 Å². The van der Waals surface area contributed by atoms with Gasteiger partial charge in [-0.1, -0.05) is 11.6 Å². The highest BCUT2D eigenvalue weighted by atomic mass is 79.9. The van der Waals surface area contributed by atoms with Crippen LogP contribution in [-0.2, 0) is 0 Å². The summed E-state index contributed by atoms with van der Waals surface area (Å²) in [6.07, 6.45) is -0.154. The number of ether oxygens (including phenoxy) is 1. The van der Waals surface area contributed by atoms with Gasteiger partial charge in [0.15, 0.2) is 0 Å². The minimum absolute atomic E-state index is 0.154. The fourth-order valence-corrected chi connectivity index (χ4v) is 3.69. The third-order valence-corrected chi connectivity index (χ3v) is 4.86. The van der Waals surface area contributed by atoms with Crippen LogP contribution in [0.5, 0.6) is 5.75 Å². The zero-order valence-electron chi connectivity index (χ0n) is 9.20. The van der Waals surface area contributed by atoms with E-state index in [9.17, 15) is 0 Å². The molecule has 1 aromatic heterocycles. The van der Waals surface area contributed by atoms with Gasteiger partial charge in [0.05, 0.1) is 8.26 Å². The highest BCUT2D eigenvalue weighted by molar-refractivity contribution is 9.11. The van der Waals surface area contributed by atoms with Crippen molar-refractivity contribution in [3.63, 3.8) is 0 Å². The Morgan fingerprint density at radius 2 is 2.06 bits per heavy atom. The van der Waals surface area contributed by atoms with Crippen molar-refractivity contribution in [2.24, 2.45) is 5.73 Å². The molecule has 2 nitrogen and oxygen atoms in total. The summed E-state index contributed by atoms with van der Waals surface area (Å²) in [7, 11) is 0. The van der Waals surface area contributed by atoms with E-state index < -0.39 is 0 Å². The maximum absolute atomic E-state index is 5.91. The summed E-state index contributed by atoms with van der Waals surface area (Å²) in [5, 5.41) is 0.664. The lowest BCUT2D eigenvalue weighted by Crippen LogP contribution is -2.17. The standard InChI is InChI=1S/C12H10Br2ClNOS/c13-8-5-7(15)1-2-9(8)17-10(6-16)11-3-4-12(14)18-11/h1-5,10H,6,16H2. The Balaban J connectivity index is 2.20. The van der Waals surface area contributed by atoms with Crippen LogP contribution in [0, 0.1) is 0 Å². The first-order valence-electron chi connectivity index (χ1n) is 5.17. The Bertz CT molecular complexity index is 547. The third kappa shape index (κ3) is 3.48. The second kappa shape index (κ2) is 6.39. The number of thiophene rings is 1. The lowest BCUT2D eigenvalue weighted by molar-refractivity contribution is 0.216. The number of hydrogen-bond donors (Lipinski definition) is 1. The van der Waals surface area contributed by atoms with E-state index in [1.54, 1.807) is 23.5 Å². The molecule has 0 aliphatic carbocycles. The highest BCUT2D eigenvalue weighted by Gasteiger charge is 2.15. The predicted octanol–water partition coefficient (Wildman–Crippen LogP) is 5.01. The first-order valence-corrected chi connectivity index (χ1v) is 7.95. The quantitative estimate of drug-likeness (QED) is 0.768. The van der Waals surface area contributed by atoms with Gasteiger partial charge in [-0.3, -0.25) is 0 Å². The fraction of sp³-hybridized carbons (Fsp3) is 0.167. The minimum atomic E-state index is -0.154. The van der Waals surface area contributed by atoms with E-state index in [0.29, 0.717) is 11.6 Å². The molecule has 0 fully saturated rings. The summed E-state index contributed by atoms with van der Waals surface area (Å²) in [5.41, 5.74) is 5.77. The Morgan fingerprint density at radius 3 is 2.61 bits per heavy atom. The molecule has 0 radical (unpaired) electrons. The van der Waals surface area contributed by atoms with Crippen molar-refractivity contribution in [1.82, 2.24) is 0 Å². The number of nitrogens with two attached hydrogens (primary N) is 1. The molecular weight excluding hydrogens is 401 g/mol. The zero-order chi connectivity index (χ0) is 13.1. The van der Waals surface area contributed by atoms with Gasteiger partial charge in [0, 0.05) is 16.4 Å². The summed E-state index contributed by atoms with van der Waals surface area (Å²) in [6.45, 7) is 0.419. The maximum atomic E-state index is 5.91. The third-order valence-electron chi connectivity index (χ3n) is 2.29. The molecule has 96 valence electrons. The molecule has 0 bridgehead atoms. The molecule has 2 rings (SSSR count). The predicted molar refractivity (Wildman–Crippen MR) is 83.6 cm³/mol. The highest BCUT2D eigenvalue weighted by Crippen LogP contribution is 2.34. The second-order valence-corrected chi connectivity index (χ2v) is 7.34.